The van der Waals surface area contributed by atoms with Crippen molar-refractivity contribution < 1.29 is 14.6 Å². The summed E-state index contributed by atoms with van der Waals surface area (Å²) >= 11 is 0. The number of methoxy groups -OCH3 is 1. The molecule has 0 saturated carbocycles. The summed E-state index contributed by atoms with van der Waals surface area (Å²) in [5.41, 5.74) is 0.978. The molecule has 0 aliphatic heterocycles. The molecule has 5 nitrogen and oxygen atoms in total. The van der Waals surface area contributed by atoms with E-state index in [-0.39, 0.29) is 6.61 Å². The Bertz CT molecular complexity index is 520. The van der Waals surface area contributed by atoms with E-state index in [2.05, 4.69) is 5.10 Å². The third-order valence-corrected chi connectivity index (χ3v) is 2.47. The summed E-state index contributed by atoms with van der Waals surface area (Å²) in [6.07, 6.45) is -0.485. The summed E-state index contributed by atoms with van der Waals surface area (Å²) in [6, 6.07) is 5.64. The molecule has 0 saturated heterocycles. The van der Waals surface area contributed by atoms with Gasteiger partial charge in [0, 0.05) is 7.05 Å². The molecule has 0 bridgehead atoms. The third kappa shape index (κ3) is 2.34. The largest absolute Gasteiger partial charge is 0.491 e. The van der Waals surface area contributed by atoms with Gasteiger partial charge in [-0.05, 0) is 25.1 Å². The van der Waals surface area contributed by atoms with Crippen LogP contribution >= 0.6 is 0 Å². The Labute approximate surface area is 99.6 Å². The van der Waals surface area contributed by atoms with Gasteiger partial charge in [0.05, 0.1) is 24.1 Å². The second-order valence-electron chi connectivity index (χ2n) is 3.97. The molecule has 1 aromatic heterocycles. The maximum absolute atomic E-state index is 9.17. The van der Waals surface area contributed by atoms with Crippen LogP contribution in [0.25, 0.3) is 10.9 Å². The monoisotopic (exact) mass is 236 g/mol. The number of fused-ring (bicyclic) bond motifs is 1. The number of aromatic nitrogens is 2. The Kier molecular flexibility index (Phi) is 3.19. The normalized spacial score (nSPS) is 12.7. The van der Waals surface area contributed by atoms with Gasteiger partial charge < -0.3 is 14.6 Å². The number of aliphatic hydroxyl groups is 1. The summed E-state index contributed by atoms with van der Waals surface area (Å²) < 4.78 is 12.4. The van der Waals surface area contributed by atoms with Crippen molar-refractivity contribution >= 4 is 10.9 Å². The highest BCUT2D eigenvalue weighted by atomic mass is 16.5. The predicted octanol–water partition coefficient (Wildman–Crippen LogP) is 1.34. The molecule has 1 heterocycles. The molecular formula is C12H16N2O3. The van der Waals surface area contributed by atoms with Crippen LogP contribution < -0.4 is 9.47 Å². The number of hydrogen-bond acceptors (Lipinski definition) is 4. The quantitative estimate of drug-likeness (QED) is 0.870. The molecule has 0 radical (unpaired) electrons. The summed E-state index contributed by atoms with van der Waals surface area (Å²) in [6.45, 7) is 1.96. The minimum atomic E-state index is -0.485. The molecule has 1 N–H and O–H groups in total. The summed E-state index contributed by atoms with van der Waals surface area (Å²) in [5, 5.41) is 14.3. The minimum Gasteiger partial charge on any atom is -0.491 e. The zero-order valence-corrected chi connectivity index (χ0v) is 10.2. The number of rotatable bonds is 4. The predicted molar refractivity (Wildman–Crippen MR) is 64.4 cm³/mol. The average molecular weight is 236 g/mol. The van der Waals surface area contributed by atoms with Gasteiger partial charge in [-0.25, -0.2) is 0 Å². The van der Waals surface area contributed by atoms with Crippen LogP contribution in [0, 0.1) is 0 Å². The van der Waals surface area contributed by atoms with Crippen LogP contribution in [0.5, 0.6) is 11.6 Å². The van der Waals surface area contributed by atoms with Gasteiger partial charge >= 0.3 is 0 Å². The molecule has 92 valence electrons. The Morgan fingerprint density at radius 3 is 2.88 bits per heavy atom. The van der Waals surface area contributed by atoms with Crippen molar-refractivity contribution in [2.75, 3.05) is 13.7 Å². The lowest BCUT2D eigenvalue weighted by molar-refractivity contribution is 0.123. The fourth-order valence-electron chi connectivity index (χ4n) is 1.67. The number of benzene rings is 1. The molecule has 5 heteroatoms. The average Bonchev–Trinajstić information content (AvgIpc) is 2.63. The highest BCUT2D eigenvalue weighted by Gasteiger charge is 2.10. The maximum atomic E-state index is 9.17. The molecule has 2 rings (SSSR count). The summed E-state index contributed by atoms with van der Waals surface area (Å²) in [7, 11) is 3.45. The fourth-order valence-corrected chi connectivity index (χ4v) is 1.67. The minimum absolute atomic E-state index is 0.272. The Hall–Kier alpha value is -1.75. The highest BCUT2D eigenvalue weighted by molar-refractivity contribution is 5.85. The Morgan fingerprint density at radius 1 is 1.47 bits per heavy atom. The first-order chi connectivity index (χ1) is 8.11. The molecule has 0 unspecified atom stereocenters. The lowest BCUT2D eigenvalue weighted by Crippen LogP contribution is -2.12. The standard InChI is InChI=1S/C12H16N2O3/c1-8(15)7-17-9-4-5-11-10(6-9)12(16-3)13-14(11)2/h4-6,8,15H,7H2,1-3H3/t8-/m0/s1. The zero-order chi connectivity index (χ0) is 12.4. The lowest BCUT2D eigenvalue weighted by Gasteiger charge is -2.08. The topological polar surface area (TPSA) is 56.5 Å². The van der Waals surface area contributed by atoms with Gasteiger partial charge in [-0.3, -0.25) is 4.68 Å². The van der Waals surface area contributed by atoms with E-state index in [1.807, 2.05) is 25.2 Å². The number of hydrogen-bond donors (Lipinski definition) is 1. The number of nitrogens with zero attached hydrogens (tertiary/aromatic N) is 2. The van der Waals surface area contributed by atoms with E-state index in [9.17, 15) is 0 Å². The van der Waals surface area contributed by atoms with Crippen LogP contribution in [0.4, 0.5) is 0 Å². The van der Waals surface area contributed by atoms with E-state index in [0.717, 1.165) is 10.9 Å². The molecule has 0 aliphatic carbocycles. The van der Waals surface area contributed by atoms with Crippen molar-refractivity contribution in [3.05, 3.63) is 18.2 Å². The van der Waals surface area contributed by atoms with Crippen LogP contribution in [0.1, 0.15) is 6.92 Å². The van der Waals surface area contributed by atoms with E-state index < -0.39 is 6.10 Å². The van der Waals surface area contributed by atoms with Crippen molar-refractivity contribution in [2.24, 2.45) is 7.05 Å². The van der Waals surface area contributed by atoms with Crippen molar-refractivity contribution in [3.63, 3.8) is 0 Å². The molecule has 2 aromatic rings. The van der Waals surface area contributed by atoms with Crippen LogP contribution in [0.15, 0.2) is 18.2 Å². The molecular weight excluding hydrogens is 220 g/mol. The van der Waals surface area contributed by atoms with Crippen molar-refractivity contribution in [2.45, 2.75) is 13.0 Å². The van der Waals surface area contributed by atoms with E-state index in [0.29, 0.717) is 11.6 Å². The first-order valence-electron chi connectivity index (χ1n) is 5.43. The van der Waals surface area contributed by atoms with Crippen molar-refractivity contribution in [3.8, 4) is 11.6 Å². The molecule has 17 heavy (non-hydrogen) atoms. The van der Waals surface area contributed by atoms with Gasteiger partial charge in [0.2, 0.25) is 5.88 Å². The number of aryl methyl sites for hydroxylation is 1. The maximum Gasteiger partial charge on any atom is 0.240 e. The fraction of sp³-hybridized carbons (Fsp3) is 0.417. The van der Waals surface area contributed by atoms with Crippen LogP contribution in [-0.4, -0.2) is 34.7 Å². The number of aliphatic hydroxyl groups excluding tert-OH is 1. The second kappa shape index (κ2) is 4.63. The van der Waals surface area contributed by atoms with Gasteiger partial charge in [-0.2, -0.15) is 0 Å². The molecule has 1 aromatic carbocycles. The van der Waals surface area contributed by atoms with Crippen LogP contribution in [0.2, 0.25) is 0 Å². The SMILES string of the molecule is COc1nn(C)c2ccc(OC[C@H](C)O)cc12. The lowest BCUT2D eigenvalue weighted by atomic mass is 10.2. The zero-order valence-electron chi connectivity index (χ0n) is 10.2. The third-order valence-electron chi connectivity index (χ3n) is 2.47. The van der Waals surface area contributed by atoms with Gasteiger partial charge in [0.1, 0.15) is 12.4 Å². The molecule has 0 fully saturated rings. The highest BCUT2D eigenvalue weighted by Crippen LogP contribution is 2.28. The molecule has 0 aliphatic rings. The van der Waals surface area contributed by atoms with Crippen LogP contribution in [0.3, 0.4) is 0 Å². The van der Waals surface area contributed by atoms with Gasteiger partial charge in [-0.1, -0.05) is 0 Å². The van der Waals surface area contributed by atoms with E-state index in [1.165, 1.54) is 0 Å². The van der Waals surface area contributed by atoms with E-state index >= 15 is 0 Å². The van der Waals surface area contributed by atoms with E-state index in [4.69, 9.17) is 14.6 Å². The number of ether oxygens (including phenoxy) is 2. The van der Waals surface area contributed by atoms with Gasteiger partial charge in [0.15, 0.2) is 0 Å². The Morgan fingerprint density at radius 2 is 2.24 bits per heavy atom. The molecule has 0 spiro atoms. The first-order valence-corrected chi connectivity index (χ1v) is 5.43. The van der Waals surface area contributed by atoms with Crippen molar-refractivity contribution in [1.82, 2.24) is 9.78 Å². The Balaban J connectivity index is 2.35. The second-order valence-corrected chi connectivity index (χ2v) is 3.97. The molecule has 1 atom stereocenters. The smallest absolute Gasteiger partial charge is 0.240 e. The summed E-state index contributed by atoms with van der Waals surface area (Å²) in [4.78, 5) is 0. The van der Waals surface area contributed by atoms with Crippen LogP contribution in [-0.2, 0) is 7.05 Å². The first kappa shape index (κ1) is 11.7. The van der Waals surface area contributed by atoms with Gasteiger partial charge in [0.25, 0.3) is 0 Å². The summed E-state index contributed by atoms with van der Waals surface area (Å²) in [5.74, 6) is 1.27. The molecule has 0 amide bonds. The van der Waals surface area contributed by atoms with Gasteiger partial charge in [-0.15, -0.1) is 5.10 Å². The van der Waals surface area contributed by atoms with Crippen molar-refractivity contribution in [1.29, 1.82) is 0 Å². The van der Waals surface area contributed by atoms with E-state index in [1.54, 1.807) is 18.7 Å².